The Morgan fingerprint density at radius 2 is 2.19 bits per heavy atom. The van der Waals surface area contributed by atoms with E-state index in [-0.39, 0.29) is 6.54 Å². The van der Waals surface area contributed by atoms with Gasteiger partial charge in [0.05, 0.1) is 11.7 Å². The fraction of sp³-hybridized carbons (Fsp3) is 0.500. The van der Waals surface area contributed by atoms with Crippen LogP contribution >= 0.6 is 0 Å². The fourth-order valence-electron chi connectivity index (χ4n) is 0.995. The van der Waals surface area contributed by atoms with Crippen molar-refractivity contribution >= 4 is 11.9 Å². The normalized spacial score (nSPS) is 11.2. The van der Waals surface area contributed by atoms with E-state index >= 15 is 0 Å². The van der Waals surface area contributed by atoms with Gasteiger partial charge in [0, 0.05) is 0 Å². The Balaban J connectivity index is 2.66. The summed E-state index contributed by atoms with van der Waals surface area (Å²) in [7, 11) is 0. The molecule has 1 heterocycles. The Morgan fingerprint density at radius 1 is 1.56 bits per heavy atom. The number of primary amides is 1. The summed E-state index contributed by atoms with van der Waals surface area (Å²) in [6, 6.07) is -0.899. The van der Waals surface area contributed by atoms with Crippen molar-refractivity contribution in [1.82, 2.24) is 20.3 Å². The van der Waals surface area contributed by atoms with Crippen molar-refractivity contribution in [2.75, 3.05) is 0 Å². The highest BCUT2D eigenvalue weighted by atomic mass is 16.2. The van der Waals surface area contributed by atoms with Gasteiger partial charge in [-0.25, -0.2) is 9.48 Å². The molecule has 0 aromatic carbocycles. The molecular formula is C8H14N6O2. The molecule has 1 rings (SSSR count). The molecule has 0 aliphatic rings. The van der Waals surface area contributed by atoms with E-state index in [9.17, 15) is 9.59 Å². The second-order valence-corrected chi connectivity index (χ2v) is 3.94. The number of imide groups is 1. The Labute approximate surface area is 92.0 Å². The third-order valence-electron chi connectivity index (χ3n) is 1.77. The van der Waals surface area contributed by atoms with Gasteiger partial charge in [0.25, 0.3) is 0 Å². The first-order valence-electron chi connectivity index (χ1n) is 4.58. The Kier molecular flexibility index (Phi) is 3.23. The molecule has 8 heteroatoms. The quantitative estimate of drug-likeness (QED) is 0.587. The lowest BCUT2D eigenvalue weighted by molar-refractivity contribution is -0.120. The summed E-state index contributed by atoms with van der Waals surface area (Å²) in [6.45, 7) is 3.40. The van der Waals surface area contributed by atoms with Crippen molar-refractivity contribution in [2.24, 2.45) is 11.5 Å². The first-order chi connectivity index (χ1) is 7.29. The summed E-state index contributed by atoms with van der Waals surface area (Å²) < 4.78 is 1.28. The van der Waals surface area contributed by atoms with E-state index < -0.39 is 17.5 Å². The van der Waals surface area contributed by atoms with Crippen LogP contribution in [0.4, 0.5) is 4.79 Å². The zero-order chi connectivity index (χ0) is 12.3. The zero-order valence-electron chi connectivity index (χ0n) is 9.10. The van der Waals surface area contributed by atoms with E-state index in [4.69, 9.17) is 11.5 Å². The molecule has 1 aromatic heterocycles. The van der Waals surface area contributed by atoms with Gasteiger partial charge in [0.15, 0.2) is 0 Å². The zero-order valence-corrected chi connectivity index (χ0v) is 9.10. The number of aromatic nitrogens is 3. The molecule has 0 saturated heterocycles. The van der Waals surface area contributed by atoms with Crippen LogP contribution in [-0.4, -0.2) is 26.9 Å². The second-order valence-electron chi connectivity index (χ2n) is 3.94. The highest BCUT2D eigenvalue weighted by Gasteiger charge is 2.18. The maximum absolute atomic E-state index is 11.2. The molecule has 16 heavy (non-hydrogen) atoms. The molecule has 0 radical (unpaired) electrons. The van der Waals surface area contributed by atoms with E-state index in [0.29, 0.717) is 5.69 Å². The maximum Gasteiger partial charge on any atom is 0.318 e. The van der Waals surface area contributed by atoms with Crippen LogP contribution in [0.2, 0.25) is 0 Å². The maximum atomic E-state index is 11.2. The number of carbonyl (C=O) groups is 2. The van der Waals surface area contributed by atoms with Gasteiger partial charge in [0.1, 0.15) is 12.2 Å². The first-order valence-corrected chi connectivity index (χ1v) is 4.58. The van der Waals surface area contributed by atoms with Crippen molar-refractivity contribution in [3.63, 3.8) is 0 Å². The molecule has 0 aliphatic heterocycles. The summed E-state index contributed by atoms with van der Waals surface area (Å²) >= 11 is 0. The van der Waals surface area contributed by atoms with Gasteiger partial charge >= 0.3 is 6.03 Å². The van der Waals surface area contributed by atoms with Crippen LogP contribution in [0.1, 0.15) is 19.5 Å². The molecule has 0 unspecified atom stereocenters. The van der Waals surface area contributed by atoms with Gasteiger partial charge in [-0.15, -0.1) is 5.10 Å². The van der Waals surface area contributed by atoms with Crippen molar-refractivity contribution in [1.29, 1.82) is 0 Å². The van der Waals surface area contributed by atoms with Gasteiger partial charge in [-0.3, -0.25) is 10.1 Å². The summed E-state index contributed by atoms with van der Waals surface area (Å²) in [5.41, 5.74) is 10.5. The number of rotatable bonds is 3. The SMILES string of the molecule is CC(C)(N)c1cn(CC(=O)NC(N)=O)nn1. The van der Waals surface area contributed by atoms with Crippen LogP contribution in [0.15, 0.2) is 6.20 Å². The fourth-order valence-corrected chi connectivity index (χ4v) is 0.995. The molecule has 88 valence electrons. The summed E-state index contributed by atoms with van der Waals surface area (Å²) in [4.78, 5) is 21.5. The van der Waals surface area contributed by atoms with Gasteiger partial charge in [-0.1, -0.05) is 5.21 Å². The molecule has 8 nitrogen and oxygen atoms in total. The number of nitrogens with zero attached hydrogens (tertiary/aromatic N) is 3. The third-order valence-corrected chi connectivity index (χ3v) is 1.77. The van der Waals surface area contributed by atoms with Gasteiger partial charge < -0.3 is 11.5 Å². The van der Waals surface area contributed by atoms with E-state index in [1.807, 2.05) is 5.32 Å². The molecule has 0 saturated carbocycles. The van der Waals surface area contributed by atoms with Gasteiger partial charge in [-0.05, 0) is 13.8 Å². The topological polar surface area (TPSA) is 129 Å². The summed E-state index contributed by atoms with van der Waals surface area (Å²) in [6.07, 6.45) is 1.54. The van der Waals surface area contributed by atoms with Crippen molar-refractivity contribution in [2.45, 2.75) is 25.9 Å². The Bertz CT molecular complexity index is 405. The Morgan fingerprint density at radius 3 is 2.62 bits per heavy atom. The lowest BCUT2D eigenvalue weighted by Crippen LogP contribution is -2.37. The van der Waals surface area contributed by atoms with Crippen LogP contribution in [0.25, 0.3) is 0 Å². The number of carbonyl (C=O) groups excluding carboxylic acids is 2. The largest absolute Gasteiger partial charge is 0.351 e. The number of nitrogens with two attached hydrogens (primary N) is 2. The highest BCUT2D eigenvalue weighted by Crippen LogP contribution is 2.12. The van der Waals surface area contributed by atoms with E-state index in [1.54, 1.807) is 20.0 Å². The molecule has 0 spiro atoms. The predicted molar refractivity (Wildman–Crippen MR) is 55.0 cm³/mol. The standard InChI is InChI=1S/C8H14N6O2/c1-8(2,10)5-3-14(13-12-5)4-6(15)11-7(9)16/h3H,4,10H2,1-2H3,(H3,9,11,15,16). The van der Waals surface area contributed by atoms with Crippen LogP contribution in [-0.2, 0) is 16.9 Å². The minimum atomic E-state index is -0.899. The van der Waals surface area contributed by atoms with Crippen molar-refractivity contribution < 1.29 is 9.59 Å². The monoisotopic (exact) mass is 226 g/mol. The summed E-state index contributed by atoms with van der Waals surface area (Å²) in [5.74, 6) is -0.557. The number of hydrogen-bond acceptors (Lipinski definition) is 5. The molecular weight excluding hydrogens is 212 g/mol. The molecule has 5 N–H and O–H groups in total. The molecule has 3 amide bonds. The minimum Gasteiger partial charge on any atom is -0.351 e. The van der Waals surface area contributed by atoms with Crippen LogP contribution in [0.5, 0.6) is 0 Å². The third kappa shape index (κ3) is 3.31. The average molecular weight is 226 g/mol. The van der Waals surface area contributed by atoms with Gasteiger partial charge in [0.2, 0.25) is 5.91 Å². The van der Waals surface area contributed by atoms with Gasteiger partial charge in [-0.2, -0.15) is 0 Å². The van der Waals surface area contributed by atoms with Crippen LogP contribution in [0.3, 0.4) is 0 Å². The Hall–Kier alpha value is -1.96. The van der Waals surface area contributed by atoms with Crippen molar-refractivity contribution in [3.8, 4) is 0 Å². The molecule has 0 bridgehead atoms. The van der Waals surface area contributed by atoms with E-state index in [1.165, 1.54) is 4.68 Å². The van der Waals surface area contributed by atoms with E-state index in [0.717, 1.165) is 0 Å². The van der Waals surface area contributed by atoms with Crippen molar-refractivity contribution in [3.05, 3.63) is 11.9 Å². The average Bonchev–Trinajstić information content (AvgIpc) is 2.49. The lowest BCUT2D eigenvalue weighted by atomic mass is 10.0. The number of nitrogens with one attached hydrogen (secondary N) is 1. The number of hydrogen-bond donors (Lipinski definition) is 3. The number of amides is 3. The first kappa shape index (κ1) is 12.1. The lowest BCUT2D eigenvalue weighted by Gasteiger charge is -2.13. The minimum absolute atomic E-state index is 0.133. The molecule has 0 aliphatic carbocycles. The predicted octanol–water partition coefficient (Wildman–Crippen LogP) is -1.33. The van der Waals surface area contributed by atoms with Crippen LogP contribution < -0.4 is 16.8 Å². The molecule has 0 atom stereocenters. The van der Waals surface area contributed by atoms with Crippen LogP contribution in [0, 0.1) is 0 Å². The smallest absolute Gasteiger partial charge is 0.318 e. The summed E-state index contributed by atoms with van der Waals surface area (Å²) in [5, 5.41) is 9.43. The highest BCUT2D eigenvalue weighted by molar-refractivity contribution is 5.93. The number of urea groups is 1. The molecule has 1 aromatic rings. The second kappa shape index (κ2) is 4.27. The van der Waals surface area contributed by atoms with E-state index in [2.05, 4.69) is 10.3 Å². The molecule has 0 fully saturated rings.